The summed E-state index contributed by atoms with van der Waals surface area (Å²) in [6, 6.07) is 4.00. The molecule has 0 aliphatic heterocycles. The molecule has 0 heterocycles. The van der Waals surface area contributed by atoms with Crippen molar-refractivity contribution in [2.24, 2.45) is 0 Å². The number of hydrogen-bond acceptors (Lipinski definition) is 3. The van der Waals surface area contributed by atoms with Gasteiger partial charge in [0.1, 0.15) is 6.10 Å². The fourth-order valence-corrected chi connectivity index (χ4v) is 1.42. The van der Waals surface area contributed by atoms with Crippen LogP contribution in [0.3, 0.4) is 0 Å². The Bertz CT molecular complexity index is 456. The predicted octanol–water partition coefficient (Wildman–Crippen LogP) is 2.28. The Balaban J connectivity index is 3.18. The second-order valence-electron chi connectivity index (χ2n) is 3.26. The van der Waals surface area contributed by atoms with Crippen LogP contribution < -0.4 is 0 Å². The van der Waals surface area contributed by atoms with E-state index in [4.69, 9.17) is 22.0 Å². The molecule has 0 saturated carbocycles. The van der Waals surface area contributed by atoms with E-state index in [-0.39, 0.29) is 5.56 Å². The van der Waals surface area contributed by atoms with Gasteiger partial charge in [0, 0.05) is 0 Å². The van der Waals surface area contributed by atoms with Crippen LogP contribution in [0.15, 0.2) is 18.2 Å². The molecule has 0 aromatic heterocycles. The van der Waals surface area contributed by atoms with Gasteiger partial charge in [0.25, 0.3) is 0 Å². The topological polar surface area (TPSA) is 64.2 Å². The van der Waals surface area contributed by atoms with Gasteiger partial charge in [-0.05, 0) is 17.7 Å². The minimum Gasteiger partial charge on any atom is -0.385 e. The van der Waals surface area contributed by atoms with E-state index >= 15 is 0 Å². The summed E-state index contributed by atoms with van der Waals surface area (Å²) in [5, 5.41) is 26.2. The van der Waals surface area contributed by atoms with Gasteiger partial charge >= 0.3 is 6.18 Å². The van der Waals surface area contributed by atoms with Gasteiger partial charge in [0.05, 0.1) is 16.7 Å². The predicted molar refractivity (Wildman–Crippen MR) is 53.0 cm³/mol. The lowest BCUT2D eigenvalue weighted by atomic mass is 10.0. The molecule has 92 valence electrons. The first kappa shape index (κ1) is 13.8. The van der Waals surface area contributed by atoms with E-state index in [2.05, 4.69) is 0 Å². The van der Waals surface area contributed by atoms with E-state index in [0.29, 0.717) is 6.07 Å². The first-order valence-electron chi connectivity index (χ1n) is 4.39. The van der Waals surface area contributed by atoms with Crippen molar-refractivity contribution in [3.63, 3.8) is 0 Å². The van der Waals surface area contributed by atoms with Crippen LogP contribution in [0.2, 0.25) is 5.02 Å². The van der Waals surface area contributed by atoms with Gasteiger partial charge in [0.2, 0.25) is 0 Å². The summed E-state index contributed by atoms with van der Waals surface area (Å²) in [6.45, 7) is 0. The molecule has 0 fully saturated rings. The largest absolute Gasteiger partial charge is 0.417 e. The molecule has 0 spiro atoms. The molecule has 3 nitrogen and oxygen atoms in total. The molecular formula is C10H7ClF3NO2. The Hall–Kier alpha value is -1.29. The van der Waals surface area contributed by atoms with E-state index in [1.54, 1.807) is 0 Å². The van der Waals surface area contributed by atoms with Gasteiger partial charge < -0.3 is 10.2 Å². The summed E-state index contributed by atoms with van der Waals surface area (Å²) in [5.41, 5.74) is -1.35. The molecule has 2 atom stereocenters. The Kier molecular flexibility index (Phi) is 3.98. The smallest absolute Gasteiger partial charge is 0.385 e. The number of aliphatic hydroxyl groups is 2. The van der Waals surface area contributed by atoms with E-state index < -0.39 is 29.0 Å². The fourth-order valence-electron chi connectivity index (χ4n) is 1.20. The van der Waals surface area contributed by atoms with Gasteiger partial charge in [-0.25, -0.2) is 0 Å². The highest BCUT2D eigenvalue weighted by atomic mass is 35.5. The van der Waals surface area contributed by atoms with Crippen molar-refractivity contribution in [3.8, 4) is 6.07 Å². The zero-order valence-corrected chi connectivity index (χ0v) is 9.00. The first-order valence-corrected chi connectivity index (χ1v) is 4.77. The number of halogens is 4. The SMILES string of the molecule is N#CC(O)C(O)c1ccc(Cl)c(C(F)(F)F)c1. The minimum absolute atomic E-state index is 0.226. The molecule has 1 rings (SSSR count). The quantitative estimate of drug-likeness (QED) is 0.806. The minimum atomic E-state index is -4.66. The average molecular weight is 266 g/mol. The van der Waals surface area contributed by atoms with Gasteiger partial charge in [-0.1, -0.05) is 17.7 Å². The number of aliphatic hydroxyl groups excluding tert-OH is 2. The monoisotopic (exact) mass is 265 g/mol. The molecule has 2 N–H and O–H groups in total. The van der Waals surface area contributed by atoms with E-state index in [0.717, 1.165) is 12.1 Å². The lowest BCUT2D eigenvalue weighted by Gasteiger charge is -2.15. The molecule has 7 heteroatoms. The summed E-state index contributed by atoms with van der Waals surface area (Å²) < 4.78 is 37.4. The zero-order valence-electron chi connectivity index (χ0n) is 8.24. The van der Waals surface area contributed by atoms with Gasteiger partial charge in [0.15, 0.2) is 6.10 Å². The lowest BCUT2D eigenvalue weighted by molar-refractivity contribution is -0.137. The standard InChI is InChI=1S/C10H7ClF3NO2/c11-7-2-1-5(9(17)8(16)4-15)3-6(7)10(12,13)14/h1-3,8-9,16-17H. The van der Waals surface area contributed by atoms with Crippen LogP contribution in [0.25, 0.3) is 0 Å². The maximum absolute atomic E-state index is 12.5. The maximum Gasteiger partial charge on any atom is 0.417 e. The van der Waals surface area contributed by atoms with Crippen LogP contribution in [-0.2, 0) is 6.18 Å². The van der Waals surface area contributed by atoms with Crippen LogP contribution >= 0.6 is 11.6 Å². The molecule has 0 radical (unpaired) electrons. The van der Waals surface area contributed by atoms with E-state index in [9.17, 15) is 18.3 Å². The number of hydrogen-bond donors (Lipinski definition) is 2. The average Bonchev–Trinajstić information content (AvgIpc) is 2.26. The summed E-state index contributed by atoms with van der Waals surface area (Å²) in [7, 11) is 0. The molecule has 2 unspecified atom stereocenters. The molecule has 0 bridgehead atoms. The molecule has 1 aromatic rings. The van der Waals surface area contributed by atoms with Crippen LogP contribution in [0.5, 0.6) is 0 Å². The maximum atomic E-state index is 12.5. The third-order valence-corrected chi connectivity index (χ3v) is 2.40. The summed E-state index contributed by atoms with van der Waals surface area (Å²) in [6.07, 6.45) is -8.17. The van der Waals surface area contributed by atoms with Crippen molar-refractivity contribution in [2.45, 2.75) is 18.4 Å². The molecule has 0 aliphatic rings. The van der Waals surface area contributed by atoms with Crippen LogP contribution in [0.4, 0.5) is 13.2 Å². The Labute approximate surface area is 99.7 Å². The van der Waals surface area contributed by atoms with Crippen molar-refractivity contribution in [3.05, 3.63) is 34.3 Å². The fraction of sp³-hybridized carbons (Fsp3) is 0.300. The van der Waals surface area contributed by atoms with Crippen molar-refractivity contribution in [1.29, 1.82) is 5.26 Å². The van der Waals surface area contributed by atoms with Gasteiger partial charge in [-0.3, -0.25) is 0 Å². The third kappa shape index (κ3) is 3.09. The number of nitriles is 1. The second-order valence-corrected chi connectivity index (χ2v) is 3.66. The Morgan fingerprint density at radius 3 is 2.35 bits per heavy atom. The van der Waals surface area contributed by atoms with Crippen LogP contribution in [0.1, 0.15) is 17.2 Å². The van der Waals surface area contributed by atoms with Gasteiger partial charge in [-0.15, -0.1) is 0 Å². The van der Waals surface area contributed by atoms with Crippen LogP contribution in [0, 0.1) is 11.3 Å². The van der Waals surface area contributed by atoms with Crippen LogP contribution in [-0.4, -0.2) is 16.3 Å². The summed E-state index contributed by atoms with van der Waals surface area (Å²) in [5.74, 6) is 0. The molecule has 0 aliphatic carbocycles. The highest BCUT2D eigenvalue weighted by Crippen LogP contribution is 2.36. The number of nitrogens with zero attached hydrogens (tertiary/aromatic N) is 1. The molecule has 1 aromatic carbocycles. The third-order valence-electron chi connectivity index (χ3n) is 2.07. The molecule has 0 amide bonds. The molecular weight excluding hydrogens is 259 g/mol. The van der Waals surface area contributed by atoms with E-state index in [1.807, 2.05) is 0 Å². The summed E-state index contributed by atoms with van der Waals surface area (Å²) in [4.78, 5) is 0. The Morgan fingerprint density at radius 2 is 1.88 bits per heavy atom. The Morgan fingerprint density at radius 1 is 1.29 bits per heavy atom. The molecule has 0 saturated heterocycles. The van der Waals surface area contributed by atoms with E-state index in [1.165, 1.54) is 6.07 Å². The second kappa shape index (κ2) is 4.92. The van der Waals surface area contributed by atoms with Crippen molar-refractivity contribution in [1.82, 2.24) is 0 Å². The normalized spacial score (nSPS) is 15.1. The highest BCUT2D eigenvalue weighted by Gasteiger charge is 2.34. The molecule has 17 heavy (non-hydrogen) atoms. The highest BCUT2D eigenvalue weighted by molar-refractivity contribution is 6.31. The number of rotatable bonds is 2. The van der Waals surface area contributed by atoms with Gasteiger partial charge in [-0.2, -0.15) is 18.4 Å². The lowest BCUT2D eigenvalue weighted by Crippen LogP contribution is -2.17. The first-order chi connectivity index (χ1) is 7.77. The number of benzene rings is 1. The van der Waals surface area contributed by atoms with Crippen molar-refractivity contribution < 1.29 is 23.4 Å². The van der Waals surface area contributed by atoms with Crippen molar-refractivity contribution >= 4 is 11.6 Å². The zero-order chi connectivity index (χ0) is 13.2. The van der Waals surface area contributed by atoms with Crippen molar-refractivity contribution in [2.75, 3.05) is 0 Å². The summed E-state index contributed by atoms with van der Waals surface area (Å²) >= 11 is 5.37. The number of alkyl halides is 3.